The SMILES string of the molecule is NNC(Cc1cncs1)C1CCCS1. The molecule has 3 N–H and O–H groups in total. The Kier molecular flexibility index (Phi) is 3.81. The first kappa shape index (κ1) is 10.4. The number of nitrogens with one attached hydrogen (secondary N) is 1. The third-order valence-electron chi connectivity index (χ3n) is 2.53. The molecule has 1 aliphatic rings. The van der Waals surface area contributed by atoms with Crippen molar-refractivity contribution in [3.63, 3.8) is 0 Å². The summed E-state index contributed by atoms with van der Waals surface area (Å²) < 4.78 is 0. The van der Waals surface area contributed by atoms with E-state index in [-0.39, 0.29) is 0 Å². The van der Waals surface area contributed by atoms with Crippen molar-refractivity contribution < 1.29 is 0 Å². The van der Waals surface area contributed by atoms with Crippen LogP contribution in [0.15, 0.2) is 11.7 Å². The molecule has 1 aliphatic heterocycles. The molecule has 78 valence electrons. The second-order valence-corrected chi connectivity index (χ2v) is 5.81. The standard InChI is InChI=1S/C9H15N3S2/c10-12-8(9-2-1-3-13-9)4-7-5-11-6-14-7/h5-6,8-9,12H,1-4,10H2. The normalized spacial score (nSPS) is 23.9. The minimum atomic E-state index is 0.406. The predicted molar refractivity (Wildman–Crippen MR) is 62.4 cm³/mol. The first-order valence-electron chi connectivity index (χ1n) is 4.85. The molecule has 1 aromatic heterocycles. The van der Waals surface area contributed by atoms with Crippen LogP contribution in [0.3, 0.4) is 0 Å². The Morgan fingerprint density at radius 3 is 3.21 bits per heavy atom. The quantitative estimate of drug-likeness (QED) is 0.605. The number of rotatable bonds is 4. The summed E-state index contributed by atoms with van der Waals surface area (Å²) in [6.45, 7) is 0. The molecule has 1 fully saturated rings. The van der Waals surface area contributed by atoms with Crippen LogP contribution in [-0.2, 0) is 6.42 Å². The molecule has 1 aromatic rings. The maximum absolute atomic E-state index is 5.59. The van der Waals surface area contributed by atoms with Crippen LogP contribution in [0.4, 0.5) is 0 Å². The van der Waals surface area contributed by atoms with Gasteiger partial charge in [0.15, 0.2) is 0 Å². The van der Waals surface area contributed by atoms with Gasteiger partial charge in [-0.3, -0.25) is 16.3 Å². The van der Waals surface area contributed by atoms with Gasteiger partial charge in [-0.25, -0.2) is 0 Å². The number of thiazole rings is 1. The molecule has 2 unspecified atom stereocenters. The highest BCUT2D eigenvalue weighted by molar-refractivity contribution is 8.00. The second-order valence-electron chi connectivity index (χ2n) is 3.50. The molecule has 2 atom stereocenters. The molecule has 0 aromatic carbocycles. The Labute approximate surface area is 92.5 Å². The first-order chi connectivity index (χ1) is 6.90. The van der Waals surface area contributed by atoms with E-state index < -0.39 is 0 Å². The van der Waals surface area contributed by atoms with Gasteiger partial charge >= 0.3 is 0 Å². The highest BCUT2D eigenvalue weighted by atomic mass is 32.2. The predicted octanol–water partition coefficient (Wildman–Crippen LogP) is 1.41. The Balaban J connectivity index is 1.92. The van der Waals surface area contributed by atoms with Crippen LogP contribution in [0.5, 0.6) is 0 Å². The summed E-state index contributed by atoms with van der Waals surface area (Å²) in [4.78, 5) is 5.40. The number of aromatic nitrogens is 1. The molecule has 0 aliphatic carbocycles. The van der Waals surface area contributed by atoms with Crippen molar-refractivity contribution in [2.75, 3.05) is 5.75 Å². The maximum atomic E-state index is 5.59. The van der Waals surface area contributed by atoms with E-state index in [1.165, 1.54) is 23.5 Å². The highest BCUT2D eigenvalue weighted by Crippen LogP contribution is 2.30. The van der Waals surface area contributed by atoms with Crippen LogP contribution < -0.4 is 11.3 Å². The Bertz CT molecular complexity index is 257. The van der Waals surface area contributed by atoms with E-state index in [4.69, 9.17) is 5.84 Å². The number of hydrogen-bond acceptors (Lipinski definition) is 5. The third-order valence-corrected chi connectivity index (χ3v) is 4.85. The number of nitrogens with two attached hydrogens (primary N) is 1. The molecule has 2 heterocycles. The summed E-state index contributed by atoms with van der Waals surface area (Å²) in [6, 6.07) is 0.406. The molecular formula is C9H15N3S2. The lowest BCUT2D eigenvalue weighted by molar-refractivity contribution is 0.498. The lowest BCUT2D eigenvalue weighted by Gasteiger charge is -2.20. The van der Waals surface area contributed by atoms with Crippen molar-refractivity contribution in [3.8, 4) is 0 Å². The summed E-state index contributed by atoms with van der Waals surface area (Å²) in [6.07, 6.45) is 5.57. The Hall–Kier alpha value is -0.100. The zero-order valence-corrected chi connectivity index (χ0v) is 9.61. The topological polar surface area (TPSA) is 50.9 Å². The number of nitrogens with zero attached hydrogens (tertiary/aromatic N) is 1. The summed E-state index contributed by atoms with van der Waals surface area (Å²) in [5, 5.41) is 0.682. The van der Waals surface area contributed by atoms with Gasteiger partial charge in [-0.2, -0.15) is 11.8 Å². The van der Waals surface area contributed by atoms with Crippen molar-refractivity contribution in [2.24, 2.45) is 5.84 Å². The van der Waals surface area contributed by atoms with Gasteiger partial charge in [0.1, 0.15) is 0 Å². The van der Waals surface area contributed by atoms with Gasteiger partial charge in [-0.05, 0) is 18.6 Å². The van der Waals surface area contributed by atoms with Crippen LogP contribution in [0.25, 0.3) is 0 Å². The summed E-state index contributed by atoms with van der Waals surface area (Å²) >= 11 is 3.75. The van der Waals surface area contributed by atoms with Crippen LogP contribution in [0.1, 0.15) is 17.7 Å². The smallest absolute Gasteiger partial charge is 0.0794 e. The lowest BCUT2D eigenvalue weighted by atomic mass is 10.1. The largest absolute Gasteiger partial charge is 0.271 e. The Morgan fingerprint density at radius 2 is 2.64 bits per heavy atom. The molecule has 0 spiro atoms. The van der Waals surface area contributed by atoms with Gasteiger partial charge in [0.25, 0.3) is 0 Å². The van der Waals surface area contributed by atoms with Gasteiger partial charge in [0.2, 0.25) is 0 Å². The van der Waals surface area contributed by atoms with Crippen molar-refractivity contribution in [1.29, 1.82) is 0 Å². The number of thioether (sulfide) groups is 1. The third kappa shape index (κ3) is 2.48. The van der Waals surface area contributed by atoms with Crippen LogP contribution in [0, 0.1) is 0 Å². The van der Waals surface area contributed by atoms with Crippen LogP contribution in [-0.4, -0.2) is 22.0 Å². The van der Waals surface area contributed by atoms with E-state index >= 15 is 0 Å². The van der Waals surface area contributed by atoms with Gasteiger partial charge in [-0.15, -0.1) is 11.3 Å². The minimum absolute atomic E-state index is 0.406. The summed E-state index contributed by atoms with van der Waals surface area (Å²) in [5.41, 5.74) is 4.82. The Morgan fingerprint density at radius 1 is 1.71 bits per heavy atom. The van der Waals surface area contributed by atoms with Crippen molar-refractivity contribution >= 4 is 23.1 Å². The van der Waals surface area contributed by atoms with E-state index in [0.717, 1.165) is 6.42 Å². The monoisotopic (exact) mass is 229 g/mol. The van der Waals surface area contributed by atoms with E-state index in [2.05, 4.69) is 10.4 Å². The fraction of sp³-hybridized carbons (Fsp3) is 0.667. The lowest BCUT2D eigenvalue weighted by Crippen LogP contribution is -2.43. The van der Waals surface area contributed by atoms with E-state index in [9.17, 15) is 0 Å². The fourth-order valence-corrected chi connectivity index (χ4v) is 3.81. The average molecular weight is 229 g/mol. The molecule has 1 saturated heterocycles. The molecule has 0 amide bonds. The van der Waals surface area contributed by atoms with Gasteiger partial charge in [0, 0.05) is 28.8 Å². The second kappa shape index (κ2) is 5.11. The van der Waals surface area contributed by atoms with E-state index in [1.54, 1.807) is 11.3 Å². The van der Waals surface area contributed by atoms with E-state index in [1.807, 2.05) is 23.5 Å². The molecule has 14 heavy (non-hydrogen) atoms. The molecule has 5 heteroatoms. The highest BCUT2D eigenvalue weighted by Gasteiger charge is 2.25. The van der Waals surface area contributed by atoms with Crippen LogP contribution in [0.2, 0.25) is 0 Å². The van der Waals surface area contributed by atoms with Crippen molar-refractivity contribution in [1.82, 2.24) is 10.4 Å². The first-order valence-corrected chi connectivity index (χ1v) is 6.78. The summed E-state index contributed by atoms with van der Waals surface area (Å²) in [5.74, 6) is 6.87. The molecule has 0 radical (unpaired) electrons. The fourth-order valence-electron chi connectivity index (χ4n) is 1.78. The molecule has 3 nitrogen and oxygen atoms in total. The average Bonchev–Trinajstić information content (AvgIpc) is 2.86. The summed E-state index contributed by atoms with van der Waals surface area (Å²) in [7, 11) is 0. The molecular weight excluding hydrogens is 214 g/mol. The molecule has 0 saturated carbocycles. The van der Waals surface area contributed by atoms with Gasteiger partial charge in [0.05, 0.1) is 5.51 Å². The van der Waals surface area contributed by atoms with E-state index in [0.29, 0.717) is 11.3 Å². The maximum Gasteiger partial charge on any atom is 0.0794 e. The number of hydrogen-bond donors (Lipinski definition) is 2. The van der Waals surface area contributed by atoms with Gasteiger partial charge < -0.3 is 0 Å². The zero-order chi connectivity index (χ0) is 9.80. The molecule has 2 rings (SSSR count). The minimum Gasteiger partial charge on any atom is -0.271 e. The van der Waals surface area contributed by atoms with Gasteiger partial charge in [-0.1, -0.05) is 0 Å². The molecule has 0 bridgehead atoms. The van der Waals surface area contributed by atoms with Crippen molar-refractivity contribution in [2.45, 2.75) is 30.6 Å². The van der Waals surface area contributed by atoms with Crippen molar-refractivity contribution in [3.05, 3.63) is 16.6 Å². The van der Waals surface area contributed by atoms with Crippen LogP contribution >= 0.6 is 23.1 Å². The number of hydrazine groups is 1. The zero-order valence-electron chi connectivity index (χ0n) is 7.98.